The first kappa shape index (κ1) is 15.2. The van der Waals surface area contributed by atoms with Gasteiger partial charge in [0, 0.05) is 11.8 Å². The van der Waals surface area contributed by atoms with Crippen LogP contribution >= 0.6 is 0 Å². The highest BCUT2D eigenvalue weighted by atomic mass is 16.6. The Morgan fingerprint density at radius 2 is 1.87 bits per heavy atom. The van der Waals surface area contributed by atoms with Gasteiger partial charge in [0.05, 0.1) is 0 Å². The summed E-state index contributed by atoms with van der Waals surface area (Å²) < 4.78 is 16.6. The number of carbonyl (C=O) groups is 1. The molecule has 1 amide bonds. The lowest BCUT2D eigenvalue weighted by atomic mass is 10.1. The van der Waals surface area contributed by atoms with Gasteiger partial charge in [-0.1, -0.05) is 12.1 Å². The summed E-state index contributed by atoms with van der Waals surface area (Å²) in [6.45, 7) is 4.90. The molecule has 3 rings (SSSR count). The second-order valence-corrected chi connectivity index (χ2v) is 5.46. The lowest BCUT2D eigenvalue weighted by Gasteiger charge is -2.20. The van der Waals surface area contributed by atoms with E-state index in [9.17, 15) is 4.79 Å². The molecule has 0 atom stereocenters. The molecule has 1 aliphatic heterocycles. The summed E-state index contributed by atoms with van der Waals surface area (Å²) in [5.41, 5.74) is 2.70. The lowest BCUT2D eigenvalue weighted by molar-refractivity contribution is -0.118. The first-order chi connectivity index (χ1) is 11.1. The maximum atomic E-state index is 12.1. The van der Waals surface area contributed by atoms with Crippen LogP contribution in [0.4, 0.5) is 5.69 Å². The monoisotopic (exact) mass is 313 g/mol. The van der Waals surface area contributed by atoms with Crippen molar-refractivity contribution >= 4 is 11.6 Å². The van der Waals surface area contributed by atoms with Crippen LogP contribution in [0.2, 0.25) is 0 Å². The SMILES string of the molecule is Cc1cccc(OCC(=O)Nc2cc3c(cc2C)OCCO3)c1. The van der Waals surface area contributed by atoms with Gasteiger partial charge in [0.25, 0.3) is 5.91 Å². The topological polar surface area (TPSA) is 56.8 Å². The van der Waals surface area contributed by atoms with E-state index in [1.807, 2.05) is 44.2 Å². The van der Waals surface area contributed by atoms with Gasteiger partial charge in [-0.25, -0.2) is 0 Å². The van der Waals surface area contributed by atoms with E-state index in [-0.39, 0.29) is 12.5 Å². The Hall–Kier alpha value is -2.69. The van der Waals surface area contributed by atoms with Gasteiger partial charge in [0.15, 0.2) is 18.1 Å². The van der Waals surface area contributed by atoms with Crippen LogP contribution in [-0.4, -0.2) is 25.7 Å². The molecule has 2 aromatic carbocycles. The highest BCUT2D eigenvalue weighted by Crippen LogP contribution is 2.35. The molecule has 5 nitrogen and oxygen atoms in total. The van der Waals surface area contributed by atoms with Gasteiger partial charge in [0.2, 0.25) is 0 Å². The number of ether oxygens (including phenoxy) is 3. The fourth-order valence-electron chi connectivity index (χ4n) is 2.37. The first-order valence-corrected chi connectivity index (χ1v) is 7.51. The summed E-state index contributed by atoms with van der Waals surface area (Å²) >= 11 is 0. The van der Waals surface area contributed by atoms with Crippen molar-refractivity contribution in [3.63, 3.8) is 0 Å². The van der Waals surface area contributed by atoms with Crippen LogP contribution in [0.25, 0.3) is 0 Å². The minimum absolute atomic E-state index is 0.0443. The highest BCUT2D eigenvalue weighted by Gasteiger charge is 2.15. The molecule has 1 N–H and O–H groups in total. The van der Waals surface area contributed by atoms with Crippen molar-refractivity contribution in [3.8, 4) is 17.2 Å². The standard InChI is InChI=1S/C18H19NO4/c1-12-4-3-5-14(8-12)23-11-18(20)19-15-10-17-16(9-13(15)2)21-6-7-22-17/h3-5,8-10H,6-7,11H2,1-2H3,(H,19,20). The van der Waals surface area contributed by atoms with Crippen LogP contribution in [-0.2, 0) is 4.79 Å². The molecular weight excluding hydrogens is 294 g/mol. The van der Waals surface area contributed by atoms with Gasteiger partial charge in [-0.3, -0.25) is 4.79 Å². The van der Waals surface area contributed by atoms with Crippen molar-refractivity contribution in [2.45, 2.75) is 13.8 Å². The number of hydrogen-bond donors (Lipinski definition) is 1. The Bertz CT molecular complexity index is 727. The fourth-order valence-corrected chi connectivity index (χ4v) is 2.37. The van der Waals surface area contributed by atoms with E-state index in [4.69, 9.17) is 14.2 Å². The van der Waals surface area contributed by atoms with Crippen LogP contribution in [0.5, 0.6) is 17.2 Å². The average molecular weight is 313 g/mol. The van der Waals surface area contributed by atoms with Crippen LogP contribution in [0.15, 0.2) is 36.4 Å². The smallest absolute Gasteiger partial charge is 0.262 e. The van der Waals surface area contributed by atoms with Gasteiger partial charge in [-0.05, 0) is 43.2 Å². The molecule has 5 heteroatoms. The number of hydrogen-bond acceptors (Lipinski definition) is 4. The molecule has 0 aliphatic carbocycles. The van der Waals surface area contributed by atoms with E-state index < -0.39 is 0 Å². The second-order valence-electron chi connectivity index (χ2n) is 5.46. The predicted octanol–water partition coefficient (Wildman–Crippen LogP) is 3.09. The average Bonchev–Trinajstić information content (AvgIpc) is 2.54. The third-order valence-corrected chi connectivity index (χ3v) is 3.52. The molecule has 0 fully saturated rings. The third-order valence-electron chi connectivity index (χ3n) is 3.52. The second kappa shape index (κ2) is 6.60. The van der Waals surface area contributed by atoms with E-state index in [2.05, 4.69) is 5.32 Å². The summed E-state index contributed by atoms with van der Waals surface area (Å²) in [4.78, 5) is 12.1. The minimum atomic E-state index is -0.216. The van der Waals surface area contributed by atoms with Crippen molar-refractivity contribution < 1.29 is 19.0 Å². The third kappa shape index (κ3) is 3.74. The minimum Gasteiger partial charge on any atom is -0.486 e. The fraction of sp³-hybridized carbons (Fsp3) is 0.278. The lowest BCUT2D eigenvalue weighted by Crippen LogP contribution is -2.21. The maximum absolute atomic E-state index is 12.1. The molecule has 2 aromatic rings. The van der Waals surface area contributed by atoms with Crippen molar-refractivity contribution in [1.82, 2.24) is 0 Å². The highest BCUT2D eigenvalue weighted by molar-refractivity contribution is 5.93. The molecule has 0 saturated carbocycles. The molecule has 0 bridgehead atoms. The van der Waals surface area contributed by atoms with Crippen LogP contribution in [0, 0.1) is 13.8 Å². The van der Waals surface area contributed by atoms with Crippen LogP contribution in [0.3, 0.4) is 0 Å². The summed E-state index contributed by atoms with van der Waals surface area (Å²) in [6.07, 6.45) is 0. The Labute approximate surface area is 135 Å². The molecule has 1 heterocycles. The number of fused-ring (bicyclic) bond motifs is 1. The number of anilines is 1. The van der Waals surface area contributed by atoms with Crippen molar-refractivity contribution in [1.29, 1.82) is 0 Å². The zero-order chi connectivity index (χ0) is 16.2. The Kier molecular flexibility index (Phi) is 4.37. The number of rotatable bonds is 4. The van der Waals surface area contributed by atoms with Crippen LogP contribution in [0.1, 0.15) is 11.1 Å². The van der Waals surface area contributed by atoms with Gasteiger partial charge in [0.1, 0.15) is 19.0 Å². The predicted molar refractivity (Wildman–Crippen MR) is 87.5 cm³/mol. The zero-order valence-electron chi connectivity index (χ0n) is 13.2. The maximum Gasteiger partial charge on any atom is 0.262 e. The summed E-state index contributed by atoms with van der Waals surface area (Å²) in [5.74, 6) is 1.82. The largest absolute Gasteiger partial charge is 0.486 e. The quantitative estimate of drug-likeness (QED) is 0.942. The van der Waals surface area contributed by atoms with Crippen molar-refractivity contribution in [2.24, 2.45) is 0 Å². The number of aryl methyl sites for hydroxylation is 2. The molecule has 120 valence electrons. The molecule has 0 aromatic heterocycles. The van der Waals surface area contributed by atoms with Crippen LogP contribution < -0.4 is 19.5 Å². The van der Waals surface area contributed by atoms with E-state index in [1.165, 1.54) is 0 Å². The van der Waals surface area contributed by atoms with E-state index in [0.717, 1.165) is 11.1 Å². The Morgan fingerprint density at radius 1 is 1.13 bits per heavy atom. The molecule has 23 heavy (non-hydrogen) atoms. The van der Waals surface area contributed by atoms with E-state index >= 15 is 0 Å². The number of carbonyl (C=O) groups excluding carboxylic acids is 1. The Balaban J connectivity index is 1.63. The van der Waals surface area contributed by atoms with Gasteiger partial charge in [-0.2, -0.15) is 0 Å². The van der Waals surface area contributed by atoms with Gasteiger partial charge in [-0.15, -0.1) is 0 Å². The Morgan fingerprint density at radius 3 is 2.61 bits per heavy atom. The normalized spacial score (nSPS) is 12.6. The molecule has 1 aliphatic rings. The molecule has 0 spiro atoms. The van der Waals surface area contributed by atoms with Gasteiger partial charge >= 0.3 is 0 Å². The summed E-state index contributed by atoms with van der Waals surface area (Å²) in [5, 5.41) is 2.85. The van der Waals surface area contributed by atoms with E-state index in [1.54, 1.807) is 6.07 Å². The molecule has 0 saturated heterocycles. The van der Waals surface area contributed by atoms with E-state index in [0.29, 0.717) is 36.1 Å². The molecular formula is C18H19NO4. The summed E-state index contributed by atoms with van der Waals surface area (Å²) in [6, 6.07) is 11.2. The number of nitrogens with one attached hydrogen (secondary N) is 1. The molecule has 0 unspecified atom stereocenters. The summed E-state index contributed by atoms with van der Waals surface area (Å²) in [7, 11) is 0. The van der Waals surface area contributed by atoms with Crippen molar-refractivity contribution in [2.75, 3.05) is 25.1 Å². The first-order valence-electron chi connectivity index (χ1n) is 7.51. The number of benzene rings is 2. The van der Waals surface area contributed by atoms with Crippen molar-refractivity contribution in [3.05, 3.63) is 47.5 Å². The number of amides is 1. The zero-order valence-corrected chi connectivity index (χ0v) is 13.2. The molecule has 0 radical (unpaired) electrons. The van der Waals surface area contributed by atoms with Gasteiger partial charge < -0.3 is 19.5 Å².